The number of piperidine rings is 1. The maximum absolute atomic E-state index is 14.9. The summed E-state index contributed by atoms with van der Waals surface area (Å²) in [5, 5.41) is 33.8. The zero-order valence-corrected chi connectivity index (χ0v) is 20.6. The number of halogens is 4. The molecule has 1 amide bonds. The van der Waals surface area contributed by atoms with E-state index in [-0.39, 0.29) is 41.0 Å². The van der Waals surface area contributed by atoms with Gasteiger partial charge in [0.1, 0.15) is 0 Å². The molecule has 0 bridgehead atoms. The Morgan fingerprint density at radius 2 is 2.03 bits per heavy atom. The molecule has 0 radical (unpaired) electrons. The van der Waals surface area contributed by atoms with E-state index in [2.05, 4.69) is 19.8 Å². The Morgan fingerprint density at radius 3 is 2.74 bits per heavy atom. The van der Waals surface area contributed by atoms with Crippen LogP contribution in [0.15, 0.2) is 30.5 Å². The average molecular weight is 559 g/mol. The van der Waals surface area contributed by atoms with Crippen molar-refractivity contribution in [2.24, 2.45) is 0 Å². The summed E-state index contributed by atoms with van der Waals surface area (Å²) < 4.78 is 66.0. The van der Waals surface area contributed by atoms with E-state index in [0.717, 1.165) is 23.6 Å². The van der Waals surface area contributed by atoms with Gasteiger partial charge in [0.25, 0.3) is 5.92 Å². The molecule has 4 heterocycles. The summed E-state index contributed by atoms with van der Waals surface area (Å²) in [7, 11) is 0. The van der Waals surface area contributed by atoms with Gasteiger partial charge in [0.2, 0.25) is 11.6 Å². The van der Waals surface area contributed by atoms with Crippen LogP contribution in [0.4, 0.5) is 22.7 Å². The Bertz CT molecular complexity index is 1340. The van der Waals surface area contributed by atoms with Crippen LogP contribution in [-0.4, -0.2) is 64.0 Å². The quantitative estimate of drug-likeness (QED) is 0.239. The molecule has 1 aromatic carbocycles. The summed E-state index contributed by atoms with van der Waals surface area (Å²) in [6, 6.07) is 4.13. The number of hydrogen-bond acceptors (Lipinski definition) is 9. The number of carbonyl (C=O) groups excluding carboxylic acids is 1. The molecule has 15 heteroatoms. The lowest BCUT2D eigenvalue weighted by Crippen LogP contribution is -2.52. The van der Waals surface area contributed by atoms with Crippen LogP contribution < -0.4 is 19.5 Å². The van der Waals surface area contributed by atoms with Crippen LogP contribution in [0.5, 0.6) is 11.5 Å². The SMILES string of the molecule is C[C@@H](C(=O)Nc1nc2cc3c(cc2s1)OC(F)(F)O3)N1CCC(F)(F)[C@H](c2cc[n+]([O-])c([C@@H](O)CO)c2)C1. The first-order valence-electron chi connectivity index (χ1n) is 11.5. The minimum atomic E-state index is -3.77. The Labute approximate surface area is 216 Å². The van der Waals surface area contributed by atoms with Crippen LogP contribution in [0, 0.1) is 5.21 Å². The van der Waals surface area contributed by atoms with Crippen LogP contribution in [0.1, 0.15) is 36.6 Å². The summed E-state index contributed by atoms with van der Waals surface area (Å²) in [6.07, 6.45) is -4.85. The van der Waals surface area contributed by atoms with E-state index in [1.54, 1.807) is 11.8 Å². The van der Waals surface area contributed by atoms with E-state index >= 15 is 0 Å². The summed E-state index contributed by atoms with van der Waals surface area (Å²) >= 11 is 1.02. The standard InChI is InChI=1S/C23H22F4N4O6S/c1-11(20(34)29-21-28-14-7-17-18(8-19(14)38-21)37-23(26,27)36-17)30-5-3-22(24,25)13(9-30)12-2-4-31(35)15(6-12)16(33)10-32/h2,4,6-8,11,13,16,32-33H,3,5,9-10H2,1H3,(H,28,29,34)/t11-,13-,16-/m0/s1. The first-order chi connectivity index (χ1) is 17.9. The van der Waals surface area contributed by atoms with Crippen LogP contribution in [0.3, 0.4) is 0 Å². The molecule has 3 aromatic rings. The summed E-state index contributed by atoms with van der Waals surface area (Å²) in [5.41, 5.74) is 0.137. The van der Waals surface area contributed by atoms with Crippen molar-refractivity contribution in [2.75, 3.05) is 25.0 Å². The second-order valence-electron chi connectivity index (χ2n) is 9.09. The normalized spacial score (nSPS) is 21.8. The Balaban J connectivity index is 1.31. The molecule has 0 unspecified atom stereocenters. The number of fused-ring (bicyclic) bond motifs is 2. The average Bonchev–Trinajstić information content (AvgIpc) is 3.38. The van der Waals surface area contributed by atoms with Crippen molar-refractivity contribution in [3.63, 3.8) is 0 Å². The van der Waals surface area contributed by atoms with Crippen molar-refractivity contribution in [1.29, 1.82) is 0 Å². The Kier molecular flexibility index (Phi) is 6.57. The number of rotatable bonds is 6. The molecule has 1 fully saturated rings. The third-order valence-corrected chi connectivity index (χ3v) is 7.55. The third-order valence-electron chi connectivity index (χ3n) is 6.62. The van der Waals surface area contributed by atoms with Gasteiger partial charge in [-0.2, -0.15) is 4.73 Å². The highest BCUT2D eigenvalue weighted by molar-refractivity contribution is 7.22. The summed E-state index contributed by atoms with van der Waals surface area (Å²) in [6.45, 7) is 0.513. The number of amides is 1. The van der Waals surface area contributed by atoms with Crippen molar-refractivity contribution in [3.8, 4) is 11.5 Å². The molecule has 2 aliphatic heterocycles. The number of likely N-dealkylation sites (tertiary alicyclic amines) is 1. The number of aliphatic hydroxyl groups excluding tert-OH is 2. The molecule has 2 aromatic heterocycles. The lowest BCUT2D eigenvalue weighted by Gasteiger charge is -2.40. The van der Waals surface area contributed by atoms with Crippen LogP contribution in [0.2, 0.25) is 0 Å². The van der Waals surface area contributed by atoms with Crippen molar-refractivity contribution in [3.05, 3.63) is 46.9 Å². The highest BCUT2D eigenvalue weighted by Gasteiger charge is 2.47. The van der Waals surface area contributed by atoms with Gasteiger partial charge in [-0.25, -0.2) is 13.8 Å². The lowest BCUT2D eigenvalue weighted by molar-refractivity contribution is -0.618. The molecule has 10 nitrogen and oxygen atoms in total. The number of thiazole rings is 1. The van der Waals surface area contributed by atoms with Gasteiger partial charge in [0.15, 0.2) is 28.9 Å². The van der Waals surface area contributed by atoms with E-state index in [0.29, 0.717) is 14.9 Å². The number of pyridine rings is 1. The summed E-state index contributed by atoms with van der Waals surface area (Å²) in [5.74, 6) is -5.37. The molecule has 0 spiro atoms. The predicted molar refractivity (Wildman–Crippen MR) is 125 cm³/mol. The number of hydrogen-bond donors (Lipinski definition) is 3. The van der Waals surface area contributed by atoms with Gasteiger partial charge >= 0.3 is 6.29 Å². The maximum atomic E-state index is 14.9. The van der Waals surface area contributed by atoms with E-state index in [1.165, 1.54) is 18.2 Å². The molecular formula is C23H22F4N4O6S. The second-order valence-corrected chi connectivity index (χ2v) is 10.1. The number of ether oxygens (including phenoxy) is 2. The van der Waals surface area contributed by atoms with Gasteiger partial charge in [-0.1, -0.05) is 11.3 Å². The molecular weight excluding hydrogens is 536 g/mol. The fraction of sp³-hybridized carbons (Fsp3) is 0.435. The van der Waals surface area contributed by atoms with E-state index in [1.807, 2.05) is 0 Å². The van der Waals surface area contributed by atoms with Gasteiger partial charge in [0, 0.05) is 43.8 Å². The second kappa shape index (κ2) is 9.48. The molecule has 38 heavy (non-hydrogen) atoms. The number of carbonyl (C=O) groups is 1. The number of nitrogens with one attached hydrogen (secondary N) is 1. The largest absolute Gasteiger partial charge is 0.618 e. The molecule has 3 N–H and O–H groups in total. The van der Waals surface area contributed by atoms with Gasteiger partial charge < -0.3 is 30.2 Å². The molecule has 3 atom stereocenters. The van der Waals surface area contributed by atoms with Crippen LogP contribution >= 0.6 is 11.3 Å². The van der Waals surface area contributed by atoms with Gasteiger partial charge in [-0.3, -0.25) is 9.69 Å². The van der Waals surface area contributed by atoms with Crippen LogP contribution in [-0.2, 0) is 4.79 Å². The number of anilines is 1. The molecule has 0 aliphatic carbocycles. The molecule has 2 aliphatic rings. The van der Waals surface area contributed by atoms with E-state index < -0.39 is 49.2 Å². The fourth-order valence-electron chi connectivity index (χ4n) is 4.50. The van der Waals surface area contributed by atoms with Crippen LogP contribution in [0.25, 0.3) is 10.2 Å². The van der Waals surface area contributed by atoms with Crippen molar-refractivity contribution in [1.82, 2.24) is 9.88 Å². The topological polar surface area (TPSA) is 131 Å². The van der Waals surface area contributed by atoms with Crippen molar-refractivity contribution >= 4 is 32.6 Å². The van der Waals surface area contributed by atoms with Crippen molar-refractivity contribution in [2.45, 2.75) is 43.6 Å². The minimum Gasteiger partial charge on any atom is -0.618 e. The highest BCUT2D eigenvalue weighted by atomic mass is 32.1. The zero-order valence-electron chi connectivity index (χ0n) is 19.7. The Morgan fingerprint density at radius 1 is 1.32 bits per heavy atom. The van der Waals surface area contributed by atoms with Gasteiger partial charge in [-0.05, 0) is 12.5 Å². The fourth-order valence-corrected chi connectivity index (χ4v) is 5.38. The number of aromatic nitrogens is 2. The minimum absolute atomic E-state index is 0.0753. The smallest absolute Gasteiger partial charge is 0.586 e. The van der Waals surface area contributed by atoms with Crippen molar-refractivity contribution < 1.29 is 46.8 Å². The molecule has 1 saturated heterocycles. The predicted octanol–water partition coefficient (Wildman–Crippen LogP) is 2.73. The first kappa shape index (κ1) is 26.3. The summed E-state index contributed by atoms with van der Waals surface area (Å²) in [4.78, 5) is 18.8. The highest BCUT2D eigenvalue weighted by Crippen LogP contribution is 2.45. The first-order valence-corrected chi connectivity index (χ1v) is 12.3. The Hall–Kier alpha value is -3.27. The zero-order chi connectivity index (χ0) is 27.4. The molecule has 204 valence electrons. The maximum Gasteiger partial charge on any atom is 0.586 e. The van der Waals surface area contributed by atoms with E-state index in [9.17, 15) is 37.8 Å². The number of benzene rings is 1. The van der Waals surface area contributed by atoms with E-state index in [4.69, 9.17) is 0 Å². The number of nitrogens with zero attached hydrogens (tertiary/aromatic N) is 3. The molecule has 0 saturated carbocycles. The molecule has 5 rings (SSSR count). The van der Waals surface area contributed by atoms with Gasteiger partial charge in [0.05, 0.1) is 28.8 Å². The van der Waals surface area contributed by atoms with Gasteiger partial charge in [-0.15, -0.1) is 8.78 Å². The lowest BCUT2D eigenvalue weighted by atomic mass is 9.86. The number of aliphatic hydroxyl groups is 2. The third kappa shape index (κ3) is 4.93. The number of alkyl halides is 4. The monoisotopic (exact) mass is 558 g/mol.